The molecular formula is C33H39NO4. The highest BCUT2D eigenvalue weighted by Gasteiger charge is 2.68. The molecule has 38 heavy (non-hydrogen) atoms. The number of benzene rings is 1. The fraction of sp³-hybridized carbons (Fsp3) is 0.515. The van der Waals surface area contributed by atoms with Gasteiger partial charge in [-0.15, -0.1) is 0 Å². The average molecular weight is 514 g/mol. The van der Waals surface area contributed by atoms with Gasteiger partial charge in [0.15, 0.2) is 5.78 Å². The number of rotatable bonds is 3. The molecule has 5 heteroatoms. The molecule has 0 bridgehead atoms. The normalized spacial score (nSPS) is 39.0. The summed E-state index contributed by atoms with van der Waals surface area (Å²) < 4.78 is 11.9. The molecule has 1 N–H and O–H groups in total. The third-order valence-electron chi connectivity index (χ3n) is 11.1. The first-order valence-electron chi connectivity index (χ1n) is 14.0. The number of carbonyl (C=O) groups excluding carboxylic acids is 2. The number of fused-ring (bicyclic) bond motifs is 5. The zero-order valence-electron chi connectivity index (χ0n) is 23.1. The van der Waals surface area contributed by atoms with Gasteiger partial charge >= 0.3 is 6.09 Å². The highest BCUT2D eigenvalue weighted by atomic mass is 16.6. The maximum Gasteiger partial charge on any atom is 0.411 e. The van der Waals surface area contributed by atoms with Crippen molar-refractivity contribution in [2.45, 2.75) is 72.3 Å². The summed E-state index contributed by atoms with van der Waals surface area (Å²) in [6.45, 7) is 11.2. The monoisotopic (exact) mass is 513 g/mol. The largest absolute Gasteiger partial charge is 0.472 e. The van der Waals surface area contributed by atoms with Gasteiger partial charge in [-0.25, -0.2) is 4.79 Å². The Balaban J connectivity index is 1.42. The van der Waals surface area contributed by atoms with Crippen molar-refractivity contribution < 1.29 is 18.7 Å². The van der Waals surface area contributed by atoms with Crippen LogP contribution >= 0.6 is 0 Å². The van der Waals surface area contributed by atoms with Gasteiger partial charge in [-0.05, 0) is 84.1 Å². The third kappa shape index (κ3) is 3.43. The van der Waals surface area contributed by atoms with E-state index in [0.717, 1.165) is 19.3 Å². The quantitative estimate of drug-likeness (QED) is 0.423. The van der Waals surface area contributed by atoms with Gasteiger partial charge in [-0.2, -0.15) is 0 Å². The lowest BCUT2D eigenvalue weighted by atomic mass is 9.38. The van der Waals surface area contributed by atoms with Crippen LogP contribution in [0.25, 0.3) is 0 Å². The van der Waals surface area contributed by atoms with E-state index in [4.69, 9.17) is 9.15 Å². The van der Waals surface area contributed by atoms with Gasteiger partial charge in [0, 0.05) is 16.5 Å². The van der Waals surface area contributed by atoms with Crippen LogP contribution < -0.4 is 5.32 Å². The highest BCUT2D eigenvalue weighted by Crippen LogP contribution is 2.72. The molecule has 4 aliphatic rings. The van der Waals surface area contributed by atoms with E-state index in [-0.39, 0.29) is 40.0 Å². The van der Waals surface area contributed by atoms with E-state index in [1.807, 2.05) is 42.7 Å². The molecule has 200 valence electrons. The van der Waals surface area contributed by atoms with Gasteiger partial charge in [0.25, 0.3) is 0 Å². The summed E-state index contributed by atoms with van der Waals surface area (Å²) >= 11 is 0. The van der Waals surface area contributed by atoms with Crippen LogP contribution in [0.1, 0.15) is 71.8 Å². The van der Waals surface area contributed by atoms with Crippen LogP contribution in [0.15, 0.2) is 77.1 Å². The van der Waals surface area contributed by atoms with E-state index in [9.17, 15) is 9.59 Å². The van der Waals surface area contributed by atoms with Crippen molar-refractivity contribution >= 4 is 17.6 Å². The van der Waals surface area contributed by atoms with Gasteiger partial charge in [-0.1, -0.05) is 70.5 Å². The Morgan fingerprint density at radius 3 is 2.53 bits per heavy atom. The van der Waals surface area contributed by atoms with Gasteiger partial charge in [0.1, 0.15) is 6.10 Å². The topological polar surface area (TPSA) is 68.5 Å². The van der Waals surface area contributed by atoms with Crippen LogP contribution in [0.3, 0.4) is 0 Å². The summed E-state index contributed by atoms with van der Waals surface area (Å²) in [6.07, 6.45) is 13.0. The molecule has 7 atom stereocenters. The maximum atomic E-state index is 13.3. The van der Waals surface area contributed by atoms with E-state index < -0.39 is 11.5 Å². The number of allylic oxidation sites excluding steroid dienone is 3. The molecule has 2 saturated carbocycles. The highest BCUT2D eigenvalue weighted by molar-refractivity contribution is 5.95. The number of ether oxygens (including phenoxy) is 1. The van der Waals surface area contributed by atoms with Crippen molar-refractivity contribution in [3.63, 3.8) is 0 Å². The molecule has 4 aliphatic carbocycles. The first-order chi connectivity index (χ1) is 18.0. The van der Waals surface area contributed by atoms with Crippen molar-refractivity contribution in [2.75, 3.05) is 5.32 Å². The molecule has 0 saturated heterocycles. The average Bonchev–Trinajstić information content (AvgIpc) is 3.52. The molecule has 5 nitrogen and oxygen atoms in total. The number of ketones is 1. The Labute approximate surface area is 225 Å². The molecular weight excluding hydrogens is 474 g/mol. The van der Waals surface area contributed by atoms with Crippen molar-refractivity contribution in [1.29, 1.82) is 0 Å². The summed E-state index contributed by atoms with van der Waals surface area (Å²) in [5, 5.41) is 2.94. The summed E-state index contributed by atoms with van der Waals surface area (Å²) in [7, 11) is 0. The molecule has 6 rings (SSSR count). The summed E-state index contributed by atoms with van der Waals surface area (Å²) in [5.74, 6) is 0.834. The smallest absolute Gasteiger partial charge is 0.411 e. The molecule has 0 aliphatic heterocycles. The molecule has 0 radical (unpaired) electrons. The van der Waals surface area contributed by atoms with Crippen LogP contribution in [0, 0.1) is 33.5 Å². The summed E-state index contributed by atoms with van der Waals surface area (Å²) in [6, 6.07) is 11.5. The van der Waals surface area contributed by atoms with Gasteiger partial charge < -0.3 is 9.15 Å². The molecule has 1 aromatic heterocycles. The van der Waals surface area contributed by atoms with Crippen molar-refractivity contribution in [3.8, 4) is 0 Å². The van der Waals surface area contributed by atoms with Crippen molar-refractivity contribution in [1.82, 2.24) is 0 Å². The minimum absolute atomic E-state index is 0.0421. The van der Waals surface area contributed by atoms with E-state index >= 15 is 0 Å². The lowest BCUT2D eigenvalue weighted by Crippen LogP contribution is -2.64. The first-order valence-corrected chi connectivity index (χ1v) is 14.0. The fourth-order valence-electron chi connectivity index (χ4n) is 9.20. The second-order valence-electron chi connectivity index (χ2n) is 13.2. The lowest BCUT2D eigenvalue weighted by Gasteiger charge is -2.66. The number of carbonyl (C=O) groups is 2. The van der Waals surface area contributed by atoms with E-state index in [1.165, 1.54) is 11.1 Å². The molecule has 1 amide bonds. The Hall–Kier alpha value is -3.08. The Morgan fingerprint density at radius 1 is 1.05 bits per heavy atom. The van der Waals surface area contributed by atoms with Crippen molar-refractivity contribution in [2.24, 2.45) is 33.5 Å². The number of para-hydroxylation sites is 1. The van der Waals surface area contributed by atoms with Crippen LogP contribution in [0.2, 0.25) is 0 Å². The fourth-order valence-corrected chi connectivity index (χ4v) is 9.20. The predicted octanol–water partition coefficient (Wildman–Crippen LogP) is 7.92. The number of furan rings is 1. The summed E-state index contributed by atoms with van der Waals surface area (Å²) in [5.41, 5.74) is 2.27. The van der Waals surface area contributed by atoms with Crippen LogP contribution in [-0.4, -0.2) is 18.0 Å². The van der Waals surface area contributed by atoms with Crippen LogP contribution in [-0.2, 0) is 9.53 Å². The number of nitrogens with one attached hydrogen (secondary N) is 1. The second-order valence-corrected chi connectivity index (χ2v) is 13.2. The minimum atomic E-state index is -0.521. The molecule has 2 fully saturated rings. The first kappa shape index (κ1) is 25.2. The number of hydrogen-bond acceptors (Lipinski definition) is 4. The maximum absolute atomic E-state index is 13.3. The number of hydrogen-bond donors (Lipinski definition) is 1. The minimum Gasteiger partial charge on any atom is -0.472 e. The summed E-state index contributed by atoms with van der Waals surface area (Å²) in [4.78, 5) is 26.4. The second kappa shape index (κ2) is 8.46. The molecule has 1 heterocycles. The predicted molar refractivity (Wildman–Crippen MR) is 148 cm³/mol. The van der Waals surface area contributed by atoms with Gasteiger partial charge in [0.05, 0.1) is 12.5 Å². The Morgan fingerprint density at radius 2 is 1.82 bits per heavy atom. The van der Waals surface area contributed by atoms with Crippen LogP contribution in [0.4, 0.5) is 10.5 Å². The van der Waals surface area contributed by atoms with Gasteiger partial charge in [0.2, 0.25) is 0 Å². The van der Waals surface area contributed by atoms with Crippen LogP contribution in [0.5, 0.6) is 0 Å². The lowest BCUT2D eigenvalue weighted by molar-refractivity contribution is -0.163. The zero-order chi connectivity index (χ0) is 26.9. The van der Waals surface area contributed by atoms with Crippen molar-refractivity contribution in [3.05, 3.63) is 78.3 Å². The Kier molecular flexibility index (Phi) is 5.61. The van der Waals surface area contributed by atoms with E-state index in [1.54, 1.807) is 6.26 Å². The van der Waals surface area contributed by atoms with E-state index in [2.05, 4.69) is 58.2 Å². The molecule has 2 aromatic rings. The Bertz CT molecular complexity index is 1310. The number of amides is 1. The molecule has 0 spiro atoms. The molecule has 1 aromatic carbocycles. The number of anilines is 1. The third-order valence-corrected chi connectivity index (χ3v) is 11.1. The molecule has 2 unspecified atom stereocenters. The SMILES string of the molecule is CC1(C)C(=O)C=C[C@@]2(C)C1C[C@@H](OC(=O)Nc1ccccc1)[C@@]1(C)C3=CC[C@@H](c4ccoc4)[C@]3(C)CCC21. The zero-order valence-corrected chi connectivity index (χ0v) is 23.1. The standard InChI is InChI=1S/C33H39NO4/c1-30(2)26-19-28(38-29(36)34-22-9-7-6-8-10-22)33(5)24-12-11-23(21-15-18-37-20-21)31(24,3)16-13-25(33)32(26,4)17-14-27(30)35/h6-10,12,14-15,17-18,20,23,25-26,28H,11,13,16,19H2,1-5H3,(H,34,36)/t23-,25?,26?,28+,31-,32+,33-/m0/s1. The van der Waals surface area contributed by atoms with Gasteiger partial charge in [-0.3, -0.25) is 10.1 Å². The van der Waals surface area contributed by atoms with E-state index in [0.29, 0.717) is 18.0 Å².